The standard InChI is InChI=1S/C26H16BrF6NO7/c27-17-8-3-9-18(12-17)34-21(35)19(40-23(38)13-4-1-6-15(10-13)25(28,29)30)20(22(36)37)41-24(39)14-5-2-7-16(11-14)26(31,32)33/h1-12,19-20H,(H,34,35)(H,36,37)/t19-,20+/m0/s1. The summed E-state index contributed by atoms with van der Waals surface area (Å²) in [4.78, 5) is 50.5. The van der Waals surface area contributed by atoms with Gasteiger partial charge in [-0.15, -0.1) is 0 Å². The molecule has 0 aliphatic heterocycles. The van der Waals surface area contributed by atoms with Crippen molar-refractivity contribution in [3.8, 4) is 0 Å². The van der Waals surface area contributed by atoms with E-state index >= 15 is 0 Å². The van der Waals surface area contributed by atoms with Gasteiger partial charge in [-0.2, -0.15) is 26.3 Å². The molecule has 15 heteroatoms. The smallest absolute Gasteiger partial charge is 0.416 e. The first-order chi connectivity index (χ1) is 19.1. The lowest BCUT2D eigenvalue weighted by Crippen LogP contribution is -2.48. The molecule has 0 unspecified atom stereocenters. The van der Waals surface area contributed by atoms with Crippen LogP contribution in [-0.2, 0) is 31.4 Å². The van der Waals surface area contributed by atoms with Gasteiger partial charge in [-0.3, -0.25) is 4.79 Å². The molecule has 41 heavy (non-hydrogen) atoms. The molecule has 3 rings (SSSR count). The van der Waals surface area contributed by atoms with Crippen LogP contribution in [0.5, 0.6) is 0 Å². The van der Waals surface area contributed by atoms with Gasteiger partial charge in [-0.25, -0.2) is 14.4 Å². The minimum atomic E-state index is -4.87. The second-order valence-corrected chi connectivity index (χ2v) is 9.06. The molecule has 3 aromatic rings. The average Bonchev–Trinajstić information content (AvgIpc) is 2.89. The Kier molecular flexibility index (Phi) is 9.42. The number of carboxylic acid groups (broad SMARTS) is 1. The molecule has 0 aliphatic rings. The number of anilines is 1. The highest BCUT2D eigenvalue weighted by atomic mass is 79.9. The van der Waals surface area contributed by atoms with Crippen molar-refractivity contribution in [2.45, 2.75) is 24.6 Å². The molecule has 0 bridgehead atoms. The zero-order valence-electron chi connectivity index (χ0n) is 20.1. The number of benzene rings is 3. The molecule has 0 radical (unpaired) electrons. The molecule has 8 nitrogen and oxygen atoms in total. The van der Waals surface area contributed by atoms with Crippen LogP contribution in [0.25, 0.3) is 0 Å². The maximum atomic E-state index is 13.1. The Morgan fingerprint density at radius 3 is 1.61 bits per heavy atom. The second kappa shape index (κ2) is 12.4. The lowest BCUT2D eigenvalue weighted by atomic mass is 10.1. The zero-order valence-corrected chi connectivity index (χ0v) is 21.7. The number of hydrogen-bond donors (Lipinski definition) is 2. The Morgan fingerprint density at radius 1 is 0.707 bits per heavy atom. The van der Waals surface area contributed by atoms with E-state index in [1.807, 2.05) is 0 Å². The Balaban J connectivity index is 1.97. The molecular weight excluding hydrogens is 632 g/mol. The van der Waals surface area contributed by atoms with Gasteiger partial charge in [0.2, 0.25) is 12.2 Å². The molecule has 0 aliphatic carbocycles. The third-order valence-corrected chi connectivity index (χ3v) is 5.68. The maximum absolute atomic E-state index is 13.1. The third-order valence-electron chi connectivity index (χ3n) is 5.19. The van der Waals surface area contributed by atoms with E-state index < -0.39 is 70.6 Å². The second-order valence-electron chi connectivity index (χ2n) is 8.15. The quantitative estimate of drug-likeness (QED) is 0.229. The monoisotopic (exact) mass is 647 g/mol. The van der Waals surface area contributed by atoms with Crippen molar-refractivity contribution in [1.29, 1.82) is 0 Å². The summed E-state index contributed by atoms with van der Waals surface area (Å²) in [6.07, 6.45) is -14.9. The predicted octanol–water partition coefficient (Wildman–Crippen LogP) is 5.96. The number of nitrogens with one attached hydrogen (secondary N) is 1. The van der Waals surface area contributed by atoms with E-state index in [0.717, 1.165) is 24.3 Å². The van der Waals surface area contributed by atoms with Gasteiger partial charge in [0.25, 0.3) is 5.91 Å². The normalized spacial score (nSPS) is 13.0. The molecule has 0 fully saturated rings. The van der Waals surface area contributed by atoms with Gasteiger partial charge in [0.15, 0.2) is 0 Å². The number of amides is 1. The molecule has 2 N–H and O–H groups in total. The Morgan fingerprint density at radius 2 is 1.17 bits per heavy atom. The number of rotatable bonds is 8. The lowest BCUT2D eigenvalue weighted by molar-refractivity contribution is -0.157. The van der Waals surface area contributed by atoms with E-state index in [4.69, 9.17) is 9.47 Å². The molecule has 216 valence electrons. The summed E-state index contributed by atoms with van der Waals surface area (Å²) in [7, 11) is 0. The summed E-state index contributed by atoms with van der Waals surface area (Å²) < 4.78 is 88.7. The van der Waals surface area contributed by atoms with Crippen LogP contribution >= 0.6 is 15.9 Å². The number of aliphatic carboxylic acids is 1. The number of alkyl halides is 6. The number of esters is 2. The van der Waals surface area contributed by atoms with Crippen molar-refractivity contribution < 1.29 is 60.1 Å². The topological polar surface area (TPSA) is 119 Å². The molecule has 0 saturated heterocycles. The fraction of sp³-hybridized carbons (Fsp3) is 0.154. The SMILES string of the molecule is O=C(O[C@H](C(=O)Nc1cccc(Br)c1)[C@@H](OC(=O)c1cccc(C(F)(F)F)c1)C(=O)O)c1cccc(C(F)(F)F)c1. The minimum Gasteiger partial charge on any atom is -0.478 e. The highest BCUT2D eigenvalue weighted by molar-refractivity contribution is 9.10. The molecular formula is C26H16BrF6NO7. The summed E-state index contributed by atoms with van der Waals surface area (Å²) in [6.45, 7) is 0. The van der Waals surface area contributed by atoms with Crippen LogP contribution in [0, 0.1) is 0 Å². The van der Waals surface area contributed by atoms with Gasteiger partial charge in [-0.1, -0.05) is 34.1 Å². The summed E-state index contributed by atoms with van der Waals surface area (Å²) in [6, 6.07) is 11.2. The minimum absolute atomic E-state index is 0.0397. The summed E-state index contributed by atoms with van der Waals surface area (Å²) in [5.74, 6) is -6.66. The van der Waals surface area contributed by atoms with E-state index in [1.54, 1.807) is 6.07 Å². The van der Waals surface area contributed by atoms with Gasteiger partial charge in [-0.05, 0) is 54.6 Å². The number of carbonyl (C=O) groups is 4. The van der Waals surface area contributed by atoms with E-state index in [-0.39, 0.29) is 5.69 Å². The molecule has 1 amide bonds. The molecule has 0 aromatic heterocycles. The largest absolute Gasteiger partial charge is 0.478 e. The van der Waals surface area contributed by atoms with Crippen molar-refractivity contribution in [2.24, 2.45) is 0 Å². The van der Waals surface area contributed by atoms with Crippen molar-refractivity contribution in [3.63, 3.8) is 0 Å². The Bertz CT molecular complexity index is 1470. The Hall–Kier alpha value is -4.40. The number of halogens is 7. The van der Waals surface area contributed by atoms with Crippen LogP contribution in [0.2, 0.25) is 0 Å². The van der Waals surface area contributed by atoms with Gasteiger partial charge in [0.05, 0.1) is 22.3 Å². The van der Waals surface area contributed by atoms with Crippen LogP contribution in [0.4, 0.5) is 32.0 Å². The molecule has 0 saturated carbocycles. The third kappa shape index (κ3) is 8.30. The highest BCUT2D eigenvalue weighted by Gasteiger charge is 2.42. The van der Waals surface area contributed by atoms with E-state index in [1.165, 1.54) is 18.2 Å². The van der Waals surface area contributed by atoms with E-state index in [0.29, 0.717) is 28.7 Å². The molecule has 2 atom stereocenters. The average molecular weight is 648 g/mol. The summed E-state index contributed by atoms with van der Waals surface area (Å²) in [5, 5.41) is 12.0. The van der Waals surface area contributed by atoms with Gasteiger partial charge < -0.3 is 19.9 Å². The molecule has 0 spiro atoms. The zero-order chi connectivity index (χ0) is 30.5. The maximum Gasteiger partial charge on any atom is 0.416 e. The van der Waals surface area contributed by atoms with E-state index in [9.17, 15) is 50.6 Å². The van der Waals surface area contributed by atoms with Gasteiger partial charge >= 0.3 is 30.3 Å². The van der Waals surface area contributed by atoms with Gasteiger partial charge in [0.1, 0.15) is 0 Å². The highest BCUT2D eigenvalue weighted by Crippen LogP contribution is 2.31. The van der Waals surface area contributed by atoms with E-state index in [2.05, 4.69) is 21.2 Å². The van der Waals surface area contributed by atoms with Crippen LogP contribution in [-0.4, -0.2) is 41.1 Å². The lowest BCUT2D eigenvalue weighted by Gasteiger charge is -2.24. The number of carbonyl (C=O) groups excluding carboxylic acids is 3. The van der Waals surface area contributed by atoms with Crippen LogP contribution in [0.15, 0.2) is 77.3 Å². The summed E-state index contributed by atoms with van der Waals surface area (Å²) >= 11 is 3.14. The van der Waals surface area contributed by atoms with Crippen molar-refractivity contribution in [1.82, 2.24) is 0 Å². The number of hydrogen-bond acceptors (Lipinski definition) is 6. The first-order valence-corrected chi connectivity index (χ1v) is 11.9. The number of carboxylic acids is 1. The van der Waals surface area contributed by atoms with Crippen LogP contribution < -0.4 is 5.32 Å². The fourth-order valence-corrected chi connectivity index (χ4v) is 3.69. The van der Waals surface area contributed by atoms with Gasteiger partial charge in [0, 0.05) is 10.2 Å². The molecule has 0 heterocycles. The van der Waals surface area contributed by atoms with Crippen molar-refractivity contribution in [2.75, 3.05) is 5.32 Å². The first kappa shape index (κ1) is 31.1. The fourth-order valence-electron chi connectivity index (χ4n) is 3.29. The van der Waals surface area contributed by atoms with Crippen LogP contribution in [0.1, 0.15) is 31.8 Å². The summed E-state index contributed by atoms with van der Waals surface area (Å²) in [5.41, 5.74) is -3.96. The number of ether oxygens (including phenoxy) is 2. The molecule has 3 aromatic carbocycles. The van der Waals surface area contributed by atoms with Crippen molar-refractivity contribution >= 4 is 45.4 Å². The first-order valence-electron chi connectivity index (χ1n) is 11.1. The van der Waals surface area contributed by atoms with Crippen molar-refractivity contribution in [3.05, 3.63) is 99.5 Å². The van der Waals surface area contributed by atoms with Crippen LogP contribution in [0.3, 0.4) is 0 Å². The Labute approximate surface area is 235 Å². The predicted molar refractivity (Wildman–Crippen MR) is 132 cm³/mol.